The van der Waals surface area contributed by atoms with Gasteiger partial charge in [-0.15, -0.1) is 0 Å². The molecule has 2 saturated carbocycles. The number of halogens is 1. The standard InChI is InChI=1S/C15H16ClNO3/c16-10-3-1-2-4-11(10)17-14(18)12-8-5-6-9(7-8)13(12)15(19)20/h1-4,8-9,12-13H,5-7H2,(H,17,18)(H,19,20)/t8-,9+,12-,13+/m1/s1. The van der Waals surface area contributed by atoms with Gasteiger partial charge in [0.25, 0.3) is 0 Å². The van der Waals surface area contributed by atoms with Crippen LogP contribution in [0.5, 0.6) is 0 Å². The molecule has 2 bridgehead atoms. The fraction of sp³-hybridized carbons (Fsp3) is 0.467. The second-order valence-electron chi connectivity index (χ2n) is 5.69. The Balaban J connectivity index is 1.80. The predicted octanol–water partition coefficient (Wildman–Crippen LogP) is 3.03. The number of hydrogen-bond donors (Lipinski definition) is 2. The third kappa shape index (κ3) is 2.18. The van der Waals surface area contributed by atoms with Crippen LogP contribution in [0.25, 0.3) is 0 Å². The third-order valence-corrected chi connectivity index (χ3v) is 4.97. The lowest BCUT2D eigenvalue weighted by Crippen LogP contribution is -2.37. The van der Waals surface area contributed by atoms with Gasteiger partial charge in [0.1, 0.15) is 0 Å². The van der Waals surface area contributed by atoms with E-state index in [-0.39, 0.29) is 17.7 Å². The Morgan fingerprint density at radius 1 is 1.15 bits per heavy atom. The van der Waals surface area contributed by atoms with Crippen LogP contribution in [0.4, 0.5) is 5.69 Å². The monoisotopic (exact) mass is 293 g/mol. The Morgan fingerprint density at radius 2 is 1.80 bits per heavy atom. The number of rotatable bonds is 3. The lowest BCUT2D eigenvalue weighted by Gasteiger charge is -2.27. The van der Waals surface area contributed by atoms with Crippen LogP contribution in [0.2, 0.25) is 5.02 Å². The summed E-state index contributed by atoms with van der Waals surface area (Å²) in [6.45, 7) is 0. The fourth-order valence-electron chi connectivity index (χ4n) is 3.80. The summed E-state index contributed by atoms with van der Waals surface area (Å²) in [7, 11) is 0. The maximum atomic E-state index is 12.4. The molecule has 0 unspecified atom stereocenters. The second kappa shape index (κ2) is 5.09. The van der Waals surface area contributed by atoms with E-state index >= 15 is 0 Å². The molecule has 2 N–H and O–H groups in total. The fourth-order valence-corrected chi connectivity index (χ4v) is 3.99. The molecule has 4 atom stereocenters. The first-order valence-electron chi connectivity index (χ1n) is 6.86. The van der Waals surface area contributed by atoms with Crippen LogP contribution in [-0.4, -0.2) is 17.0 Å². The van der Waals surface area contributed by atoms with Gasteiger partial charge in [-0.05, 0) is 43.2 Å². The van der Waals surface area contributed by atoms with Crippen LogP contribution in [-0.2, 0) is 9.59 Å². The summed E-state index contributed by atoms with van der Waals surface area (Å²) < 4.78 is 0. The molecule has 0 spiro atoms. The van der Waals surface area contributed by atoms with E-state index in [1.54, 1.807) is 24.3 Å². The Kier molecular flexibility index (Phi) is 3.42. The highest BCUT2D eigenvalue weighted by Gasteiger charge is 2.53. The second-order valence-corrected chi connectivity index (χ2v) is 6.10. The average molecular weight is 294 g/mol. The van der Waals surface area contributed by atoms with Gasteiger partial charge in [0.15, 0.2) is 0 Å². The Labute approximate surface area is 122 Å². The number of carbonyl (C=O) groups is 2. The van der Waals surface area contributed by atoms with Crippen LogP contribution in [0, 0.1) is 23.7 Å². The molecule has 106 valence electrons. The van der Waals surface area contributed by atoms with E-state index in [0.29, 0.717) is 10.7 Å². The van der Waals surface area contributed by atoms with Crippen molar-refractivity contribution in [2.75, 3.05) is 5.32 Å². The minimum atomic E-state index is -0.850. The molecule has 0 radical (unpaired) electrons. The first-order valence-corrected chi connectivity index (χ1v) is 7.24. The van der Waals surface area contributed by atoms with Gasteiger partial charge >= 0.3 is 5.97 Å². The number of carbonyl (C=O) groups excluding carboxylic acids is 1. The molecule has 20 heavy (non-hydrogen) atoms. The Bertz CT molecular complexity index is 560. The summed E-state index contributed by atoms with van der Waals surface area (Å²) in [6, 6.07) is 7.00. The highest BCUT2D eigenvalue weighted by Crippen LogP contribution is 2.52. The van der Waals surface area contributed by atoms with Gasteiger partial charge in [-0.25, -0.2) is 0 Å². The maximum absolute atomic E-state index is 12.4. The Morgan fingerprint density at radius 3 is 2.45 bits per heavy atom. The number of anilines is 1. The predicted molar refractivity (Wildman–Crippen MR) is 75.5 cm³/mol. The molecule has 2 fully saturated rings. The topological polar surface area (TPSA) is 66.4 Å². The number of hydrogen-bond acceptors (Lipinski definition) is 2. The molecule has 4 nitrogen and oxygen atoms in total. The third-order valence-electron chi connectivity index (χ3n) is 4.64. The van der Waals surface area contributed by atoms with Gasteiger partial charge in [-0.1, -0.05) is 23.7 Å². The largest absolute Gasteiger partial charge is 0.481 e. The summed E-state index contributed by atoms with van der Waals surface area (Å²) in [5.74, 6) is -1.68. The molecule has 1 aromatic carbocycles. The SMILES string of the molecule is O=C(Nc1ccccc1Cl)[C@@H]1[C@@H]2CC[C@@H](C2)[C@@H]1C(=O)O. The molecular weight excluding hydrogens is 278 g/mol. The highest BCUT2D eigenvalue weighted by molar-refractivity contribution is 6.33. The lowest BCUT2D eigenvalue weighted by atomic mass is 9.78. The zero-order valence-electron chi connectivity index (χ0n) is 10.9. The summed E-state index contributed by atoms with van der Waals surface area (Å²) in [4.78, 5) is 23.9. The van der Waals surface area contributed by atoms with Crippen LogP contribution in [0.3, 0.4) is 0 Å². The van der Waals surface area contributed by atoms with Crippen molar-refractivity contribution in [2.24, 2.45) is 23.7 Å². The van der Waals surface area contributed by atoms with Crippen molar-refractivity contribution in [3.05, 3.63) is 29.3 Å². The molecule has 1 aromatic rings. The molecule has 2 aliphatic carbocycles. The van der Waals surface area contributed by atoms with Gasteiger partial charge in [0.2, 0.25) is 5.91 Å². The molecule has 1 amide bonds. The number of para-hydroxylation sites is 1. The first-order chi connectivity index (χ1) is 9.58. The quantitative estimate of drug-likeness (QED) is 0.900. The van der Waals surface area contributed by atoms with E-state index in [2.05, 4.69) is 5.32 Å². The van der Waals surface area contributed by atoms with Crippen LogP contribution in [0.1, 0.15) is 19.3 Å². The summed E-state index contributed by atoms with van der Waals surface area (Å²) in [5, 5.41) is 12.6. The van der Waals surface area contributed by atoms with Crippen molar-refractivity contribution >= 4 is 29.2 Å². The zero-order chi connectivity index (χ0) is 14.3. The number of amides is 1. The van der Waals surface area contributed by atoms with Crippen molar-refractivity contribution in [2.45, 2.75) is 19.3 Å². The number of nitrogens with one attached hydrogen (secondary N) is 1. The number of fused-ring (bicyclic) bond motifs is 2. The van der Waals surface area contributed by atoms with E-state index in [0.717, 1.165) is 19.3 Å². The highest BCUT2D eigenvalue weighted by atomic mass is 35.5. The van der Waals surface area contributed by atoms with Crippen molar-refractivity contribution in [3.63, 3.8) is 0 Å². The first kappa shape index (κ1) is 13.4. The van der Waals surface area contributed by atoms with E-state index in [1.807, 2.05) is 0 Å². The van der Waals surface area contributed by atoms with Gasteiger partial charge in [-0.3, -0.25) is 9.59 Å². The minimum Gasteiger partial charge on any atom is -0.481 e. The van der Waals surface area contributed by atoms with Gasteiger partial charge in [0, 0.05) is 0 Å². The molecule has 3 rings (SSSR count). The van der Waals surface area contributed by atoms with Crippen molar-refractivity contribution < 1.29 is 14.7 Å². The van der Waals surface area contributed by atoms with Crippen molar-refractivity contribution in [1.29, 1.82) is 0 Å². The van der Waals surface area contributed by atoms with Crippen LogP contribution >= 0.6 is 11.6 Å². The average Bonchev–Trinajstić information content (AvgIpc) is 3.01. The van der Waals surface area contributed by atoms with Crippen molar-refractivity contribution in [1.82, 2.24) is 0 Å². The number of carboxylic acids is 1. The van der Waals surface area contributed by atoms with Gasteiger partial charge in [-0.2, -0.15) is 0 Å². The normalized spacial score (nSPS) is 31.2. The number of benzene rings is 1. The van der Waals surface area contributed by atoms with E-state index in [1.165, 1.54) is 0 Å². The molecule has 0 saturated heterocycles. The molecule has 0 heterocycles. The zero-order valence-corrected chi connectivity index (χ0v) is 11.6. The van der Waals surface area contributed by atoms with Crippen LogP contribution in [0.15, 0.2) is 24.3 Å². The van der Waals surface area contributed by atoms with Gasteiger partial charge in [0.05, 0.1) is 22.5 Å². The van der Waals surface area contributed by atoms with E-state index < -0.39 is 17.8 Å². The van der Waals surface area contributed by atoms with Crippen LogP contribution < -0.4 is 5.32 Å². The molecule has 0 aromatic heterocycles. The Hall–Kier alpha value is -1.55. The molecule has 2 aliphatic rings. The van der Waals surface area contributed by atoms with E-state index in [9.17, 15) is 14.7 Å². The van der Waals surface area contributed by atoms with E-state index in [4.69, 9.17) is 11.6 Å². The number of carboxylic acid groups (broad SMARTS) is 1. The summed E-state index contributed by atoms with van der Waals surface area (Å²) in [6.07, 6.45) is 2.74. The maximum Gasteiger partial charge on any atom is 0.307 e. The van der Waals surface area contributed by atoms with Crippen molar-refractivity contribution in [3.8, 4) is 0 Å². The molecule has 0 aliphatic heterocycles. The summed E-state index contributed by atoms with van der Waals surface area (Å²) >= 11 is 6.02. The number of aliphatic carboxylic acids is 1. The minimum absolute atomic E-state index is 0.152. The smallest absolute Gasteiger partial charge is 0.307 e. The summed E-state index contributed by atoms with van der Waals surface area (Å²) in [5.41, 5.74) is 0.547. The lowest BCUT2D eigenvalue weighted by molar-refractivity contribution is -0.148. The molecular formula is C15H16ClNO3. The molecule has 5 heteroatoms. The van der Waals surface area contributed by atoms with Gasteiger partial charge < -0.3 is 10.4 Å².